The van der Waals surface area contributed by atoms with Gasteiger partial charge < -0.3 is 10.3 Å². The molecule has 2 aromatic rings. The molecule has 1 aromatic heterocycles. The van der Waals surface area contributed by atoms with Gasteiger partial charge in [0, 0.05) is 24.7 Å². The highest BCUT2D eigenvalue weighted by Crippen LogP contribution is 2.27. The summed E-state index contributed by atoms with van der Waals surface area (Å²) in [5.74, 6) is 1.06. The second kappa shape index (κ2) is 4.94. The van der Waals surface area contributed by atoms with Crippen LogP contribution in [0.4, 0.5) is 0 Å². The van der Waals surface area contributed by atoms with Gasteiger partial charge in [-0.05, 0) is 38.9 Å². The number of nitrogens with two attached hydrogens (primary N) is 1. The van der Waals surface area contributed by atoms with Crippen molar-refractivity contribution in [2.24, 2.45) is 12.8 Å². The van der Waals surface area contributed by atoms with Crippen molar-refractivity contribution >= 4 is 0 Å². The summed E-state index contributed by atoms with van der Waals surface area (Å²) in [5, 5.41) is 0. The highest BCUT2D eigenvalue weighted by Gasteiger charge is 2.14. The molecule has 0 spiro atoms. The van der Waals surface area contributed by atoms with E-state index in [1.165, 1.54) is 22.4 Å². The third-order valence-corrected chi connectivity index (χ3v) is 3.49. The van der Waals surface area contributed by atoms with Crippen molar-refractivity contribution in [3.05, 3.63) is 40.8 Å². The maximum atomic E-state index is 5.63. The number of imidazole rings is 1. The number of aryl methyl sites for hydroxylation is 2. The third-order valence-electron chi connectivity index (χ3n) is 3.49. The van der Waals surface area contributed by atoms with Gasteiger partial charge in [-0.15, -0.1) is 0 Å². The van der Waals surface area contributed by atoms with E-state index in [-0.39, 0.29) is 0 Å². The largest absolute Gasteiger partial charge is 0.335 e. The molecule has 0 fully saturated rings. The lowest BCUT2D eigenvalue weighted by molar-refractivity contribution is 0.761. The molecule has 0 saturated carbocycles. The summed E-state index contributed by atoms with van der Waals surface area (Å²) in [4.78, 5) is 4.75. The Morgan fingerprint density at radius 1 is 1.22 bits per heavy atom. The Kier molecular flexibility index (Phi) is 3.53. The second-order valence-corrected chi connectivity index (χ2v) is 4.88. The summed E-state index contributed by atoms with van der Waals surface area (Å²) < 4.78 is 2.14. The molecule has 0 amide bonds. The van der Waals surface area contributed by atoms with Gasteiger partial charge in [-0.25, -0.2) is 4.98 Å². The minimum Gasteiger partial charge on any atom is -0.335 e. The van der Waals surface area contributed by atoms with Gasteiger partial charge in [0.2, 0.25) is 0 Å². The van der Waals surface area contributed by atoms with Crippen LogP contribution in [0.15, 0.2) is 18.2 Å². The molecule has 2 rings (SSSR count). The quantitative estimate of drug-likeness (QED) is 0.900. The van der Waals surface area contributed by atoms with Crippen molar-refractivity contribution in [2.45, 2.75) is 27.2 Å². The summed E-state index contributed by atoms with van der Waals surface area (Å²) in [7, 11) is 2.06. The van der Waals surface area contributed by atoms with Crippen molar-refractivity contribution in [3.63, 3.8) is 0 Å². The topological polar surface area (TPSA) is 43.8 Å². The molecule has 1 aromatic carbocycles. The Bertz CT molecular complexity index is 567. The second-order valence-electron chi connectivity index (χ2n) is 4.88. The van der Waals surface area contributed by atoms with Crippen LogP contribution in [-0.4, -0.2) is 16.1 Å². The van der Waals surface area contributed by atoms with Crippen LogP contribution in [0.3, 0.4) is 0 Å². The first-order valence-electron chi connectivity index (χ1n) is 6.34. The normalized spacial score (nSPS) is 10.9. The first kappa shape index (κ1) is 12.8. The smallest absolute Gasteiger partial charge is 0.110 e. The van der Waals surface area contributed by atoms with Crippen LogP contribution in [0, 0.1) is 20.8 Å². The SMILES string of the molecule is Cc1ccc(C)c(-c2nc(CCN)n(C)c2C)c1. The molecular weight excluding hydrogens is 222 g/mol. The molecular formula is C15H21N3. The first-order valence-corrected chi connectivity index (χ1v) is 6.34. The molecule has 0 atom stereocenters. The predicted octanol–water partition coefficient (Wildman–Crippen LogP) is 2.51. The Labute approximate surface area is 109 Å². The molecule has 3 nitrogen and oxygen atoms in total. The fourth-order valence-corrected chi connectivity index (χ4v) is 2.24. The summed E-state index contributed by atoms with van der Waals surface area (Å²) in [6.45, 7) is 6.99. The fraction of sp³-hybridized carbons (Fsp3) is 0.400. The molecule has 3 heteroatoms. The van der Waals surface area contributed by atoms with Gasteiger partial charge in [0.25, 0.3) is 0 Å². The molecule has 18 heavy (non-hydrogen) atoms. The van der Waals surface area contributed by atoms with E-state index in [1.54, 1.807) is 0 Å². The Hall–Kier alpha value is -1.61. The number of hydrogen-bond donors (Lipinski definition) is 1. The maximum Gasteiger partial charge on any atom is 0.110 e. The van der Waals surface area contributed by atoms with E-state index in [0.717, 1.165) is 17.9 Å². The van der Waals surface area contributed by atoms with Crippen LogP contribution in [0.2, 0.25) is 0 Å². The zero-order valence-corrected chi connectivity index (χ0v) is 11.6. The van der Waals surface area contributed by atoms with Crippen LogP contribution in [0.5, 0.6) is 0 Å². The highest BCUT2D eigenvalue weighted by molar-refractivity contribution is 5.67. The summed E-state index contributed by atoms with van der Waals surface area (Å²) in [6.07, 6.45) is 0.822. The van der Waals surface area contributed by atoms with E-state index < -0.39 is 0 Å². The van der Waals surface area contributed by atoms with Gasteiger partial charge in [0.15, 0.2) is 0 Å². The van der Waals surface area contributed by atoms with E-state index >= 15 is 0 Å². The van der Waals surface area contributed by atoms with Gasteiger partial charge in [0.1, 0.15) is 5.82 Å². The number of aromatic nitrogens is 2. The molecule has 0 radical (unpaired) electrons. The zero-order chi connectivity index (χ0) is 13.3. The summed E-state index contributed by atoms with van der Waals surface area (Å²) in [5.41, 5.74) is 11.7. The Morgan fingerprint density at radius 3 is 2.61 bits per heavy atom. The molecule has 0 aliphatic heterocycles. The zero-order valence-electron chi connectivity index (χ0n) is 11.6. The van der Waals surface area contributed by atoms with Gasteiger partial charge in [-0.2, -0.15) is 0 Å². The average Bonchev–Trinajstić information content (AvgIpc) is 2.61. The van der Waals surface area contributed by atoms with Crippen molar-refractivity contribution in [1.29, 1.82) is 0 Å². The van der Waals surface area contributed by atoms with Crippen LogP contribution >= 0.6 is 0 Å². The van der Waals surface area contributed by atoms with E-state index in [1.807, 2.05) is 0 Å². The van der Waals surface area contributed by atoms with E-state index in [9.17, 15) is 0 Å². The third kappa shape index (κ3) is 2.18. The van der Waals surface area contributed by atoms with Gasteiger partial charge in [-0.3, -0.25) is 0 Å². The highest BCUT2D eigenvalue weighted by atomic mass is 15.1. The van der Waals surface area contributed by atoms with Crippen molar-refractivity contribution < 1.29 is 0 Å². The molecule has 1 heterocycles. The lowest BCUT2D eigenvalue weighted by Crippen LogP contribution is -2.08. The van der Waals surface area contributed by atoms with Crippen LogP contribution in [0.25, 0.3) is 11.3 Å². The molecule has 0 aliphatic carbocycles. The summed E-state index contributed by atoms with van der Waals surface area (Å²) >= 11 is 0. The predicted molar refractivity (Wildman–Crippen MR) is 75.6 cm³/mol. The van der Waals surface area contributed by atoms with E-state index in [2.05, 4.69) is 50.6 Å². The minimum atomic E-state index is 0.635. The van der Waals surface area contributed by atoms with Crippen molar-refractivity contribution in [1.82, 2.24) is 9.55 Å². The molecule has 0 aliphatic rings. The molecule has 96 valence electrons. The van der Waals surface area contributed by atoms with Crippen LogP contribution in [-0.2, 0) is 13.5 Å². The minimum absolute atomic E-state index is 0.635. The van der Waals surface area contributed by atoms with Crippen molar-refractivity contribution in [2.75, 3.05) is 6.54 Å². The lowest BCUT2D eigenvalue weighted by atomic mass is 10.0. The first-order chi connectivity index (χ1) is 8.54. The van der Waals surface area contributed by atoms with Crippen molar-refractivity contribution in [3.8, 4) is 11.3 Å². The molecule has 0 saturated heterocycles. The Morgan fingerprint density at radius 2 is 1.94 bits per heavy atom. The number of benzene rings is 1. The standard InChI is InChI=1S/C15H21N3/c1-10-5-6-11(2)13(9-10)15-12(3)18(4)14(17-15)7-8-16/h5-6,9H,7-8,16H2,1-4H3. The summed E-state index contributed by atoms with van der Waals surface area (Å²) in [6, 6.07) is 6.50. The fourth-order valence-electron chi connectivity index (χ4n) is 2.24. The maximum absolute atomic E-state index is 5.63. The molecule has 0 bridgehead atoms. The van der Waals surface area contributed by atoms with Gasteiger partial charge >= 0.3 is 0 Å². The number of rotatable bonds is 3. The Balaban J connectivity index is 2.57. The number of hydrogen-bond acceptors (Lipinski definition) is 2. The van der Waals surface area contributed by atoms with Gasteiger partial charge in [-0.1, -0.05) is 17.7 Å². The van der Waals surface area contributed by atoms with Crippen LogP contribution < -0.4 is 5.73 Å². The molecule has 0 unspecified atom stereocenters. The molecule has 2 N–H and O–H groups in total. The van der Waals surface area contributed by atoms with E-state index in [4.69, 9.17) is 10.7 Å². The van der Waals surface area contributed by atoms with E-state index in [0.29, 0.717) is 6.54 Å². The monoisotopic (exact) mass is 243 g/mol. The number of nitrogens with zero attached hydrogens (tertiary/aromatic N) is 2. The average molecular weight is 243 g/mol. The van der Waals surface area contributed by atoms with Crippen LogP contribution in [0.1, 0.15) is 22.6 Å². The van der Waals surface area contributed by atoms with Gasteiger partial charge in [0.05, 0.1) is 5.69 Å². The lowest BCUT2D eigenvalue weighted by Gasteiger charge is -2.06.